The van der Waals surface area contributed by atoms with Gasteiger partial charge in [-0.25, -0.2) is 4.98 Å². The first-order valence-corrected chi connectivity index (χ1v) is 5.90. The van der Waals surface area contributed by atoms with Crippen LogP contribution < -0.4 is 0 Å². The van der Waals surface area contributed by atoms with Crippen LogP contribution in [0.3, 0.4) is 0 Å². The maximum Gasteiger partial charge on any atom is 0.328 e. The lowest BCUT2D eigenvalue weighted by Crippen LogP contribution is -1.99. The Kier molecular flexibility index (Phi) is 2.38. The van der Waals surface area contributed by atoms with Gasteiger partial charge in [-0.1, -0.05) is 23.2 Å². The van der Waals surface area contributed by atoms with Crippen LogP contribution in [0.1, 0.15) is 0 Å². The van der Waals surface area contributed by atoms with Crippen LogP contribution in [0.4, 0.5) is 0 Å². The van der Waals surface area contributed by atoms with Crippen molar-refractivity contribution >= 4 is 44.4 Å². The normalized spacial score (nSPS) is 12.2. The standard InChI is InChI=1S/C7H4Cl2N2O3S/c8-3-1-4(9)6-5(2-3)10-7(11-6)15(12,13)14/h1-2H,(H,10,11)(H,12,13,14). The Morgan fingerprint density at radius 2 is 2.00 bits per heavy atom. The number of halogens is 2. The molecule has 0 amide bonds. The van der Waals surface area contributed by atoms with Gasteiger partial charge in [0.05, 0.1) is 16.1 Å². The molecule has 0 saturated heterocycles. The van der Waals surface area contributed by atoms with Crippen molar-refractivity contribution in [1.29, 1.82) is 0 Å². The summed E-state index contributed by atoms with van der Waals surface area (Å²) in [5.41, 5.74) is 0.591. The minimum absolute atomic E-state index is 0.236. The van der Waals surface area contributed by atoms with Crippen LogP contribution in [0.25, 0.3) is 11.0 Å². The lowest BCUT2D eigenvalue weighted by Gasteiger charge is -1.92. The van der Waals surface area contributed by atoms with E-state index in [1.54, 1.807) is 0 Å². The van der Waals surface area contributed by atoms with Crippen LogP contribution in [-0.2, 0) is 10.1 Å². The molecule has 15 heavy (non-hydrogen) atoms. The lowest BCUT2D eigenvalue weighted by molar-refractivity contribution is 0.476. The van der Waals surface area contributed by atoms with Crippen molar-refractivity contribution in [2.24, 2.45) is 0 Å². The molecule has 0 unspecified atom stereocenters. The summed E-state index contributed by atoms with van der Waals surface area (Å²) in [4.78, 5) is 6.03. The molecular weight excluding hydrogens is 263 g/mol. The second-order valence-electron chi connectivity index (χ2n) is 2.80. The summed E-state index contributed by atoms with van der Waals surface area (Å²) in [5.74, 6) is 0. The molecule has 0 aliphatic rings. The number of H-pyrrole nitrogens is 1. The van der Waals surface area contributed by atoms with E-state index in [1.807, 2.05) is 0 Å². The number of hydrogen-bond donors (Lipinski definition) is 2. The van der Waals surface area contributed by atoms with E-state index in [1.165, 1.54) is 12.1 Å². The maximum absolute atomic E-state index is 10.8. The molecular formula is C7H4Cl2N2O3S. The molecule has 2 N–H and O–H groups in total. The summed E-state index contributed by atoms with van der Waals surface area (Å²) in [6.07, 6.45) is 0. The molecule has 2 rings (SSSR count). The van der Waals surface area contributed by atoms with E-state index in [-0.39, 0.29) is 10.5 Å². The monoisotopic (exact) mass is 266 g/mol. The highest BCUT2D eigenvalue weighted by atomic mass is 35.5. The minimum atomic E-state index is -4.36. The number of aromatic nitrogens is 2. The third-order valence-corrected chi connectivity index (χ3v) is 2.93. The smallest absolute Gasteiger partial charge is 0.325 e. The molecule has 1 heterocycles. The average Bonchev–Trinajstić information content (AvgIpc) is 2.46. The van der Waals surface area contributed by atoms with Crippen molar-refractivity contribution in [1.82, 2.24) is 9.97 Å². The van der Waals surface area contributed by atoms with Gasteiger partial charge >= 0.3 is 10.1 Å². The van der Waals surface area contributed by atoms with Crippen molar-refractivity contribution in [2.75, 3.05) is 0 Å². The van der Waals surface area contributed by atoms with E-state index >= 15 is 0 Å². The molecule has 1 aromatic carbocycles. The van der Waals surface area contributed by atoms with Crippen molar-refractivity contribution < 1.29 is 13.0 Å². The summed E-state index contributed by atoms with van der Waals surface area (Å²) >= 11 is 11.5. The summed E-state index contributed by atoms with van der Waals surface area (Å²) < 4.78 is 30.3. The number of nitrogens with zero attached hydrogens (tertiary/aromatic N) is 1. The summed E-state index contributed by atoms with van der Waals surface area (Å²) in [6.45, 7) is 0. The Balaban J connectivity index is 2.82. The zero-order valence-electron chi connectivity index (χ0n) is 7.03. The zero-order chi connectivity index (χ0) is 11.2. The Labute approximate surface area is 94.8 Å². The Bertz CT molecular complexity index is 635. The molecule has 0 aliphatic heterocycles. The van der Waals surface area contributed by atoms with Crippen molar-refractivity contribution in [3.63, 3.8) is 0 Å². The third kappa shape index (κ3) is 1.93. The van der Waals surface area contributed by atoms with Crippen molar-refractivity contribution in [3.8, 4) is 0 Å². The molecule has 0 spiro atoms. The Morgan fingerprint density at radius 1 is 1.33 bits per heavy atom. The van der Waals surface area contributed by atoms with E-state index in [4.69, 9.17) is 27.8 Å². The summed E-state index contributed by atoms with van der Waals surface area (Å²) in [6, 6.07) is 2.88. The van der Waals surface area contributed by atoms with Crippen LogP contribution >= 0.6 is 23.2 Å². The Hall–Kier alpha value is -0.820. The summed E-state index contributed by atoms with van der Waals surface area (Å²) in [7, 11) is -4.36. The molecule has 8 heteroatoms. The first kappa shape index (κ1) is 10.7. The number of hydrogen-bond acceptors (Lipinski definition) is 3. The number of imidazole rings is 1. The quantitative estimate of drug-likeness (QED) is 0.775. The van der Waals surface area contributed by atoms with Gasteiger partial charge in [0.25, 0.3) is 5.16 Å². The van der Waals surface area contributed by atoms with Gasteiger partial charge in [0, 0.05) is 5.02 Å². The van der Waals surface area contributed by atoms with E-state index < -0.39 is 15.3 Å². The highest BCUT2D eigenvalue weighted by molar-refractivity contribution is 7.85. The van der Waals surface area contributed by atoms with Crippen LogP contribution in [0, 0.1) is 0 Å². The number of rotatable bonds is 1. The van der Waals surface area contributed by atoms with Crippen LogP contribution in [0.2, 0.25) is 10.0 Å². The average molecular weight is 267 g/mol. The number of nitrogens with one attached hydrogen (secondary N) is 1. The van der Waals surface area contributed by atoms with Crippen LogP contribution in [-0.4, -0.2) is 22.9 Å². The molecule has 1 aromatic heterocycles. The van der Waals surface area contributed by atoms with E-state index in [0.29, 0.717) is 10.5 Å². The van der Waals surface area contributed by atoms with Gasteiger partial charge < -0.3 is 4.98 Å². The van der Waals surface area contributed by atoms with Crippen LogP contribution in [0.5, 0.6) is 0 Å². The van der Waals surface area contributed by atoms with Crippen molar-refractivity contribution in [3.05, 3.63) is 22.2 Å². The fourth-order valence-corrected chi connectivity index (χ4v) is 2.11. The second kappa shape index (κ2) is 3.34. The van der Waals surface area contributed by atoms with E-state index in [0.717, 1.165) is 0 Å². The molecule has 0 bridgehead atoms. The number of benzene rings is 1. The van der Waals surface area contributed by atoms with E-state index in [9.17, 15) is 8.42 Å². The maximum atomic E-state index is 10.8. The predicted octanol–water partition coefficient (Wildman–Crippen LogP) is 2.12. The Morgan fingerprint density at radius 3 is 2.60 bits per heavy atom. The topological polar surface area (TPSA) is 83.1 Å². The minimum Gasteiger partial charge on any atom is -0.325 e. The lowest BCUT2D eigenvalue weighted by atomic mass is 10.3. The van der Waals surface area contributed by atoms with Crippen LogP contribution in [0.15, 0.2) is 17.3 Å². The molecule has 0 aliphatic carbocycles. The molecule has 0 fully saturated rings. The van der Waals surface area contributed by atoms with Gasteiger partial charge in [-0.2, -0.15) is 8.42 Å². The van der Waals surface area contributed by atoms with Crippen molar-refractivity contribution in [2.45, 2.75) is 5.16 Å². The fraction of sp³-hybridized carbons (Fsp3) is 0. The van der Waals surface area contributed by atoms with Gasteiger partial charge in [-0.15, -0.1) is 0 Å². The van der Waals surface area contributed by atoms with Gasteiger partial charge in [0.1, 0.15) is 0 Å². The summed E-state index contributed by atoms with van der Waals surface area (Å²) in [5, 5.41) is 0.0162. The molecule has 2 aromatic rings. The fourth-order valence-electron chi connectivity index (χ4n) is 1.14. The number of fused-ring (bicyclic) bond motifs is 1. The zero-order valence-corrected chi connectivity index (χ0v) is 9.36. The van der Waals surface area contributed by atoms with Gasteiger partial charge in [0.15, 0.2) is 0 Å². The second-order valence-corrected chi connectivity index (χ2v) is 4.98. The molecule has 0 radical (unpaired) electrons. The molecule has 0 atom stereocenters. The van der Waals surface area contributed by atoms with Gasteiger partial charge in [-0.05, 0) is 12.1 Å². The van der Waals surface area contributed by atoms with Gasteiger partial charge in [-0.3, -0.25) is 4.55 Å². The first-order valence-electron chi connectivity index (χ1n) is 3.70. The highest BCUT2D eigenvalue weighted by Gasteiger charge is 2.16. The largest absolute Gasteiger partial charge is 0.328 e. The SMILES string of the molecule is O=S(=O)(O)c1nc2cc(Cl)cc(Cl)c2[nH]1. The molecule has 0 saturated carbocycles. The predicted molar refractivity (Wildman–Crippen MR) is 55.9 cm³/mol. The highest BCUT2D eigenvalue weighted by Crippen LogP contribution is 2.26. The number of aromatic amines is 1. The third-order valence-electron chi connectivity index (χ3n) is 1.73. The van der Waals surface area contributed by atoms with E-state index in [2.05, 4.69) is 9.97 Å². The molecule has 80 valence electrons. The van der Waals surface area contributed by atoms with Gasteiger partial charge in [0.2, 0.25) is 0 Å². The first-order chi connectivity index (χ1) is 6.88. The molecule has 5 nitrogen and oxygen atoms in total.